The van der Waals surface area contributed by atoms with Gasteiger partial charge in [0.05, 0.1) is 0 Å². The average Bonchev–Trinajstić information content (AvgIpc) is 2.59. The van der Waals surface area contributed by atoms with E-state index in [2.05, 4.69) is 11.6 Å². The third-order valence-corrected chi connectivity index (χ3v) is 0.997. The van der Waals surface area contributed by atoms with Crippen LogP contribution in [0.3, 0.4) is 0 Å². The summed E-state index contributed by atoms with van der Waals surface area (Å²) in [5.74, 6) is 0.764. The standard InChI is InChI=1S/C5H8N2.C3H6.2C2H6/c1-4-2-3-7-5(4)6;1-3-2;2*1-2/h2-3,7H,6H2,1H3;3H,1H2,2H3;2*1-2H3. The summed E-state index contributed by atoms with van der Waals surface area (Å²) in [5.41, 5.74) is 6.50. The van der Waals surface area contributed by atoms with E-state index < -0.39 is 0 Å². The van der Waals surface area contributed by atoms with E-state index in [-0.39, 0.29) is 0 Å². The van der Waals surface area contributed by atoms with E-state index in [0.717, 1.165) is 11.4 Å². The van der Waals surface area contributed by atoms with Crippen LogP contribution in [0, 0.1) is 6.92 Å². The lowest BCUT2D eigenvalue weighted by atomic mass is 10.4. The number of nitrogens with one attached hydrogen (secondary N) is 1. The Bertz CT molecular complexity index is 173. The van der Waals surface area contributed by atoms with Gasteiger partial charge in [-0.1, -0.05) is 33.8 Å². The number of nitrogen functional groups attached to an aromatic ring is 1. The highest BCUT2D eigenvalue weighted by molar-refractivity contribution is 5.37. The van der Waals surface area contributed by atoms with Crippen molar-refractivity contribution in [3.63, 3.8) is 0 Å². The molecule has 0 saturated heterocycles. The monoisotopic (exact) mass is 198 g/mol. The molecule has 0 aliphatic carbocycles. The fourth-order valence-corrected chi connectivity index (χ4v) is 0.460. The summed E-state index contributed by atoms with van der Waals surface area (Å²) in [5, 5.41) is 0. The molecule has 1 aromatic heterocycles. The van der Waals surface area contributed by atoms with Gasteiger partial charge >= 0.3 is 0 Å². The molecule has 0 unspecified atom stereocenters. The molecular weight excluding hydrogens is 172 g/mol. The Hall–Kier alpha value is -1.18. The predicted octanol–water partition coefficient (Wildman–Crippen LogP) is 4.15. The highest BCUT2D eigenvalue weighted by atomic mass is 14.8. The number of aromatic nitrogens is 1. The quantitative estimate of drug-likeness (QED) is 0.604. The second-order valence-electron chi connectivity index (χ2n) is 1.98. The number of hydrogen-bond donors (Lipinski definition) is 2. The van der Waals surface area contributed by atoms with Crippen molar-refractivity contribution in [1.82, 2.24) is 4.98 Å². The summed E-state index contributed by atoms with van der Waals surface area (Å²) in [4.78, 5) is 2.85. The second-order valence-corrected chi connectivity index (χ2v) is 1.98. The summed E-state index contributed by atoms with van der Waals surface area (Å²) < 4.78 is 0. The lowest BCUT2D eigenvalue weighted by Gasteiger charge is -1.82. The average molecular weight is 198 g/mol. The van der Waals surface area contributed by atoms with E-state index in [1.54, 1.807) is 6.08 Å². The van der Waals surface area contributed by atoms with E-state index in [1.165, 1.54) is 0 Å². The topological polar surface area (TPSA) is 41.8 Å². The first-order valence-electron chi connectivity index (χ1n) is 5.18. The Morgan fingerprint density at radius 1 is 1.29 bits per heavy atom. The first-order chi connectivity index (χ1) is 6.72. The molecule has 14 heavy (non-hydrogen) atoms. The summed E-state index contributed by atoms with van der Waals surface area (Å²) >= 11 is 0. The zero-order valence-electron chi connectivity index (χ0n) is 10.5. The SMILES string of the molecule is C=CC.CC.CC.Cc1cc[nH]c1N. The maximum absolute atomic E-state index is 5.38. The van der Waals surface area contributed by atoms with Gasteiger partial charge in [-0.05, 0) is 25.5 Å². The number of allylic oxidation sites excluding steroid dienone is 1. The first kappa shape index (κ1) is 18.6. The molecule has 1 heterocycles. The molecule has 0 bridgehead atoms. The van der Waals surface area contributed by atoms with Gasteiger partial charge in [0.1, 0.15) is 5.82 Å². The molecule has 0 aliphatic rings. The van der Waals surface area contributed by atoms with Crippen LogP contribution in [0.15, 0.2) is 24.9 Å². The molecule has 0 atom stereocenters. The van der Waals surface area contributed by atoms with Crippen LogP contribution < -0.4 is 5.73 Å². The summed E-state index contributed by atoms with van der Waals surface area (Å²) in [6.45, 7) is 15.2. The van der Waals surface area contributed by atoms with Crippen LogP contribution in [0.5, 0.6) is 0 Å². The van der Waals surface area contributed by atoms with Crippen LogP contribution in [0.1, 0.15) is 40.2 Å². The molecule has 0 fully saturated rings. The van der Waals surface area contributed by atoms with Crippen molar-refractivity contribution in [1.29, 1.82) is 0 Å². The van der Waals surface area contributed by atoms with Gasteiger partial charge in [0.15, 0.2) is 0 Å². The Balaban J connectivity index is -0.000000148. The smallest absolute Gasteiger partial charge is 0.103 e. The van der Waals surface area contributed by atoms with Gasteiger partial charge in [0.2, 0.25) is 0 Å². The van der Waals surface area contributed by atoms with Crippen LogP contribution >= 0.6 is 0 Å². The Kier molecular flexibility index (Phi) is 23.6. The van der Waals surface area contributed by atoms with E-state index >= 15 is 0 Å². The molecule has 0 aliphatic heterocycles. The summed E-state index contributed by atoms with van der Waals surface area (Å²) in [6.07, 6.45) is 3.57. The highest BCUT2D eigenvalue weighted by Crippen LogP contribution is 2.03. The van der Waals surface area contributed by atoms with Crippen molar-refractivity contribution >= 4 is 5.82 Å². The molecule has 1 aromatic rings. The number of aryl methyl sites for hydroxylation is 1. The van der Waals surface area contributed by atoms with Crippen LogP contribution in [0.25, 0.3) is 0 Å². The number of rotatable bonds is 0. The number of H-pyrrole nitrogens is 1. The van der Waals surface area contributed by atoms with Crippen LogP contribution in [-0.4, -0.2) is 4.98 Å². The third-order valence-electron chi connectivity index (χ3n) is 0.997. The molecule has 1 rings (SSSR count). The van der Waals surface area contributed by atoms with Crippen molar-refractivity contribution in [3.8, 4) is 0 Å². The molecule has 0 saturated carbocycles. The zero-order chi connectivity index (χ0) is 12.0. The van der Waals surface area contributed by atoms with E-state index in [1.807, 2.05) is 53.8 Å². The zero-order valence-corrected chi connectivity index (χ0v) is 10.5. The van der Waals surface area contributed by atoms with Crippen LogP contribution in [-0.2, 0) is 0 Å². The highest BCUT2D eigenvalue weighted by Gasteiger charge is 1.86. The van der Waals surface area contributed by atoms with Gasteiger partial charge in [-0.3, -0.25) is 0 Å². The minimum Gasteiger partial charge on any atom is -0.385 e. The van der Waals surface area contributed by atoms with Gasteiger partial charge in [-0.15, -0.1) is 6.58 Å². The van der Waals surface area contributed by atoms with Crippen molar-refractivity contribution in [2.45, 2.75) is 41.5 Å². The third kappa shape index (κ3) is 13.4. The van der Waals surface area contributed by atoms with Gasteiger partial charge in [0.25, 0.3) is 0 Å². The van der Waals surface area contributed by atoms with Crippen molar-refractivity contribution in [3.05, 3.63) is 30.5 Å². The molecule has 0 spiro atoms. The van der Waals surface area contributed by atoms with Crippen LogP contribution in [0.4, 0.5) is 5.82 Å². The number of aromatic amines is 1. The van der Waals surface area contributed by atoms with Crippen molar-refractivity contribution < 1.29 is 0 Å². The molecule has 84 valence electrons. The molecule has 0 aromatic carbocycles. The van der Waals surface area contributed by atoms with E-state index in [9.17, 15) is 0 Å². The maximum atomic E-state index is 5.38. The Labute approximate surface area is 89.2 Å². The fraction of sp³-hybridized carbons (Fsp3) is 0.500. The normalized spacial score (nSPS) is 6.43. The van der Waals surface area contributed by atoms with Gasteiger partial charge < -0.3 is 10.7 Å². The van der Waals surface area contributed by atoms with Gasteiger partial charge in [0, 0.05) is 6.20 Å². The summed E-state index contributed by atoms with van der Waals surface area (Å²) in [6, 6.07) is 1.94. The first-order valence-corrected chi connectivity index (χ1v) is 5.18. The second kappa shape index (κ2) is 17.8. The molecule has 2 nitrogen and oxygen atoms in total. The molecule has 0 amide bonds. The minimum absolute atomic E-state index is 0.764. The van der Waals surface area contributed by atoms with Crippen molar-refractivity contribution in [2.24, 2.45) is 0 Å². The number of anilines is 1. The number of nitrogens with two attached hydrogens (primary N) is 1. The van der Waals surface area contributed by atoms with E-state index in [4.69, 9.17) is 5.73 Å². The summed E-state index contributed by atoms with van der Waals surface area (Å²) in [7, 11) is 0. The maximum Gasteiger partial charge on any atom is 0.103 e. The van der Waals surface area contributed by atoms with Crippen molar-refractivity contribution in [2.75, 3.05) is 5.73 Å². The van der Waals surface area contributed by atoms with Gasteiger partial charge in [-0.25, -0.2) is 0 Å². The fourth-order valence-electron chi connectivity index (χ4n) is 0.460. The molecule has 2 heteroatoms. The minimum atomic E-state index is 0.764. The largest absolute Gasteiger partial charge is 0.385 e. The molecule has 0 radical (unpaired) electrons. The lowest BCUT2D eigenvalue weighted by Crippen LogP contribution is -1.84. The number of hydrogen-bond acceptors (Lipinski definition) is 1. The van der Waals surface area contributed by atoms with Crippen LogP contribution in [0.2, 0.25) is 0 Å². The van der Waals surface area contributed by atoms with Gasteiger partial charge in [-0.2, -0.15) is 0 Å². The predicted molar refractivity (Wildman–Crippen MR) is 68.5 cm³/mol. The molecular formula is C12H26N2. The lowest BCUT2D eigenvalue weighted by molar-refractivity contribution is 1.39. The molecule has 3 N–H and O–H groups in total. The van der Waals surface area contributed by atoms with E-state index in [0.29, 0.717) is 0 Å². The Morgan fingerprint density at radius 2 is 1.64 bits per heavy atom. The Morgan fingerprint density at radius 3 is 1.71 bits per heavy atom.